The van der Waals surface area contributed by atoms with Gasteiger partial charge in [0.05, 0.1) is 11.8 Å². The van der Waals surface area contributed by atoms with Crippen LogP contribution in [0.15, 0.2) is 12.3 Å². The Balaban J connectivity index is 1.30. The second kappa shape index (κ2) is 7.91. The summed E-state index contributed by atoms with van der Waals surface area (Å²) in [6.07, 6.45) is 14.3. The van der Waals surface area contributed by atoms with E-state index >= 15 is 0 Å². The Morgan fingerprint density at radius 2 is 1.97 bits per heavy atom. The fourth-order valence-corrected chi connectivity index (χ4v) is 9.23. The number of hydrogen-bond acceptors (Lipinski definition) is 3. The van der Waals surface area contributed by atoms with Gasteiger partial charge in [0.2, 0.25) is 0 Å². The van der Waals surface area contributed by atoms with Crippen molar-refractivity contribution in [3.8, 4) is 6.07 Å². The quantitative estimate of drug-likeness (QED) is 0.665. The van der Waals surface area contributed by atoms with E-state index in [-0.39, 0.29) is 5.60 Å². The van der Waals surface area contributed by atoms with E-state index in [1.165, 1.54) is 44.9 Å². The number of aliphatic hydroxyl groups is 1. The fraction of sp³-hybridized carbons (Fsp3) is 0.852. The molecule has 4 aliphatic rings. The Hall–Kier alpha value is -1.34. The van der Waals surface area contributed by atoms with Crippen molar-refractivity contribution in [2.24, 2.45) is 46.8 Å². The van der Waals surface area contributed by atoms with Gasteiger partial charge in [-0.05, 0) is 117 Å². The minimum atomic E-state index is -0.375. The van der Waals surface area contributed by atoms with Gasteiger partial charge in [0.1, 0.15) is 11.8 Å². The highest BCUT2D eigenvalue weighted by atomic mass is 16.3. The normalized spacial score (nSPS) is 45.3. The molecule has 0 amide bonds. The zero-order valence-electron chi connectivity index (χ0n) is 19.8. The molecule has 4 fully saturated rings. The molecule has 1 aromatic rings. The first-order valence-corrected chi connectivity index (χ1v) is 13.0. The first-order valence-electron chi connectivity index (χ1n) is 13.0. The molecule has 0 aliphatic heterocycles. The van der Waals surface area contributed by atoms with E-state index in [2.05, 4.69) is 31.9 Å². The summed E-state index contributed by atoms with van der Waals surface area (Å²) in [5.41, 5.74) is 0.768. The minimum Gasteiger partial charge on any atom is -0.390 e. The van der Waals surface area contributed by atoms with Crippen molar-refractivity contribution in [3.05, 3.63) is 18.0 Å². The molecule has 4 aliphatic carbocycles. The summed E-state index contributed by atoms with van der Waals surface area (Å²) < 4.78 is 1.93. The lowest BCUT2D eigenvalue weighted by molar-refractivity contribution is -0.109. The summed E-state index contributed by atoms with van der Waals surface area (Å²) in [5.74, 6) is 5.62. The number of hydrogen-bond donors (Lipinski definition) is 1. The van der Waals surface area contributed by atoms with Crippen molar-refractivity contribution in [2.75, 3.05) is 0 Å². The maximum atomic E-state index is 10.9. The van der Waals surface area contributed by atoms with Crippen LogP contribution in [0.1, 0.15) is 90.7 Å². The first kappa shape index (κ1) is 21.5. The predicted molar refractivity (Wildman–Crippen MR) is 122 cm³/mol. The lowest BCUT2D eigenvalue weighted by Gasteiger charge is -2.57. The molecule has 9 atom stereocenters. The Kier molecular flexibility index (Phi) is 5.48. The largest absolute Gasteiger partial charge is 0.390 e. The molecule has 5 rings (SSSR count). The first-order chi connectivity index (χ1) is 14.9. The average molecular weight is 424 g/mol. The zero-order chi connectivity index (χ0) is 21.8. The van der Waals surface area contributed by atoms with Crippen LogP contribution in [0, 0.1) is 58.2 Å². The maximum absolute atomic E-state index is 10.9. The summed E-state index contributed by atoms with van der Waals surface area (Å²) in [7, 11) is 0. The van der Waals surface area contributed by atoms with Gasteiger partial charge in [-0.2, -0.15) is 10.4 Å². The van der Waals surface area contributed by atoms with E-state index in [0.717, 1.165) is 61.3 Å². The Morgan fingerprint density at radius 3 is 2.74 bits per heavy atom. The highest BCUT2D eigenvalue weighted by Crippen LogP contribution is 2.65. The van der Waals surface area contributed by atoms with Gasteiger partial charge < -0.3 is 5.11 Å². The monoisotopic (exact) mass is 423 g/mol. The van der Waals surface area contributed by atoms with Crippen LogP contribution in [0.25, 0.3) is 0 Å². The molecule has 31 heavy (non-hydrogen) atoms. The van der Waals surface area contributed by atoms with Crippen molar-refractivity contribution in [3.63, 3.8) is 0 Å². The van der Waals surface area contributed by atoms with Crippen LogP contribution in [0.4, 0.5) is 0 Å². The van der Waals surface area contributed by atoms with Gasteiger partial charge in [0, 0.05) is 6.54 Å². The highest BCUT2D eigenvalue weighted by molar-refractivity contribution is 5.18. The molecule has 4 nitrogen and oxygen atoms in total. The van der Waals surface area contributed by atoms with Gasteiger partial charge in [-0.3, -0.25) is 4.68 Å². The summed E-state index contributed by atoms with van der Waals surface area (Å²) in [5, 5.41) is 24.7. The lowest BCUT2D eigenvalue weighted by atomic mass is 9.48. The number of nitrogens with zero attached hydrogens (tertiary/aromatic N) is 3. The van der Waals surface area contributed by atoms with Gasteiger partial charge in [-0.1, -0.05) is 20.8 Å². The van der Waals surface area contributed by atoms with Gasteiger partial charge in [0.25, 0.3) is 0 Å². The smallest absolute Gasteiger partial charge is 0.138 e. The van der Waals surface area contributed by atoms with Crippen LogP contribution in [0.3, 0.4) is 0 Å². The third-order valence-corrected chi connectivity index (χ3v) is 10.8. The molecule has 0 radical (unpaired) electrons. The molecular weight excluding hydrogens is 382 g/mol. The van der Waals surface area contributed by atoms with Gasteiger partial charge >= 0.3 is 0 Å². The molecule has 0 bridgehead atoms. The van der Waals surface area contributed by atoms with Gasteiger partial charge in [-0.15, -0.1) is 0 Å². The number of nitriles is 1. The molecule has 1 aromatic heterocycles. The van der Waals surface area contributed by atoms with E-state index in [9.17, 15) is 10.4 Å². The minimum absolute atomic E-state index is 0.375. The van der Waals surface area contributed by atoms with Gasteiger partial charge in [-0.25, -0.2) is 0 Å². The molecule has 4 saturated carbocycles. The van der Waals surface area contributed by atoms with Crippen molar-refractivity contribution in [2.45, 2.75) is 97.1 Å². The van der Waals surface area contributed by atoms with Crippen molar-refractivity contribution < 1.29 is 5.11 Å². The topological polar surface area (TPSA) is 61.8 Å². The molecular formula is C27H41N3O. The maximum Gasteiger partial charge on any atom is 0.138 e. The number of rotatable bonds is 4. The Morgan fingerprint density at radius 1 is 1.16 bits per heavy atom. The van der Waals surface area contributed by atoms with Crippen LogP contribution >= 0.6 is 0 Å². The summed E-state index contributed by atoms with van der Waals surface area (Å²) in [6.45, 7) is 8.05. The van der Waals surface area contributed by atoms with E-state index in [1.807, 2.05) is 10.7 Å². The third kappa shape index (κ3) is 3.47. The molecule has 1 heterocycles. The number of fused-ring (bicyclic) bond motifs is 5. The average Bonchev–Trinajstić information content (AvgIpc) is 3.36. The van der Waals surface area contributed by atoms with Crippen LogP contribution in [0.5, 0.6) is 0 Å². The molecule has 1 N–H and O–H groups in total. The van der Waals surface area contributed by atoms with Gasteiger partial charge in [0.15, 0.2) is 0 Å². The van der Waals surface area contributed by atoms with Crippen molar-refractivity contribution >= 4 is 0 Å². The van der Waals surface area contributed by atoms with Crippen LogP contribution < -0.4 is 0 Å². The zero-order valence-corrected chi connectivity index (χ0v) is 19.8. The third-order valence-electron chi connectivity index (χ3n) is 10.8. The molecule has 0 aromatic carbocycles. The highest BCUT2D eigenvalue weighted by Gasteiger charge is 2.58. The van der Waals surface area contributed by atoms with E-state index in [4.69, 9.17) is 0 Å². The molecule has 0 spiro atoms. The summed E-state index contributed by atoms with van der Waals surface area (Å²) in [4.78, 5) is 0. The second-order valence-electron chi connectivity index (χ2n) is 12.0. The Bertz CT molecular complexity index is 842. The van der Waals surface area contributed by atoms with E-state index < -0.39 is 0 Å². The SMILES string of the molecule is CC[C@@]1(O)CC[C@H]2[C@H](CC[C@@H]3[C@@H]2CC[C@]2(C)[C@@H]([C@@H](C)Cn4nccc4C#N)CC[C@@H]32)C1. The van der Waals surface area contributed by atoms with Crippen molar-refractivity contribution in [1.82, 2.24) is 9.78 Å². The lowest BCUT2D eigenvalue weighted by Crippen LogP contribution is -2.51. The molecule has 4 heteroatoms. The van der Waals surface area contributed by atoms with Crippen LogP contribution in [-0.4, -0.2) is 20.5 Å². The predicted octanol–water partition coefficient (Wildman–Crippen LogP) is 5.80. The number of aromatic nitrogens is 2. The van der Waals surface area contributed by atoms with E-state index in [1.54, 1.807) is 6.20 Å². The van der Waals surface area contributed by atoms with Crippen molar-refractivity contribution in [1.29, 1.82) is 5.26 Å². The van der Waals surface area contributed by atoms with E-state index in [0.29, 0.717) is 17.0 Å². The summed E-state index contributed by atoms with van der Waals surface area (Å²) >= 11 is 0. The molecule has 0 unspecified atom stereocenters. The second-order valence-corrected chi connectivity index (χ2v) is 12.0. The molecule has 170 valence electrons. The van der Waals surface area contributed by atoms with Crippen LogP contribution in [0.2, 0.25) is 0 Å². The Labute approximate surface area is 188 Å². The molecule has 0 saturated heterocycles. The fourth-order valence-electron chi connectivity index (χ4n) is 9.23. The van der Waals surface area contributed by atoms with Crippen LogP contribution in [-0.2, 0) is 6.54 Å². The standard InChI is InChI=1S/C27H41N3O/c1-4-27(31)13-10-21-19(15-27)5-6-23-22(21)9-12-26(3)24(7-8-25(23)26)18(2)17-30-20(16-28)11-14-29-30/h11,14,18-19,21-25,31H,4-10,12-13,15,17H2,1-3H3/t18-,19+,21-,22+,23+,24+,25-,26+,27+/m0/s1. The summed E-state index contributed by atoms with van der Waals surface area (Å²) in [6, 6.07) is 4.13.